The highest BCUT2D eigenvalue weighted by Gasteiger charge is 2.19. The average molecular weight is 256 g/mol. The molecule has 0 saturated heterocycles. The molecule has 3 rings (SSSR count). The van der Waals surface area contributed by atoms with Gasteiger partial charge >= 0.3 is 0 Å². The number of benzene rings is 1. The van der Waals surface area contributed by atoms with E-state index in [1.165, 1.54) is 11.6 Å². The Morgan fingerprint density at radius 2 is 2.05 bits per heavy atom. The summed E-state index contributed by atoms with van der Waals surface area (Å²) in [7, 11) is 0. The van der Waals surface area contributed by atoms with Crippen molar-refractivity contribution in [1.29, 1.82) is 0 Å². The number of nitrogens with one attached hydrogen (secondary N) is 1. The summed E-state index contributed by atoms with van der Waals surface area (Å²) >= 11 is 0. The van der Waals surface area contributed by atoms with E-state index in [9.17, 15) is 9.90 Å². The van der Waals surface area contributed by atoms with Crippen molar-refractivity contribution in [3.05, 3.63) is 63.6 Å². The summed E-state index contributed by atoms with van der Waals surface area (Å²) in [6, 6.07) is 11.5. The van der Waals surface area contributed by atoms with E-state index in [-0.39, 0.29) is 11.3 Å². The van der Waals surface area contributed by atoms with E-state index < -0.39 is 0 Å². The fourth-order valence-electron chi connectivity index (χ4n) is 2.59. The molecule has 1 aliphatic rings. The van der Waals surface area contributed by atoms with Crippen LogP contribution in [0.1, 0.15) is 16.8 Å². The van der Waals surface area contributed by atoms with Crippen LogP contribution in [0.15, 0.2) is 41.2 Å². The number of aromatic hydroxyl groups is 1. The number of nitrogens with zero attached hydrogens (tertiary/aromatic N) is 1. The zero-order chi connectivity index (χ0) is 13.2. The van der Waals surface area contributed by atoms with Crippen LogP contribution in [0.4, 0.5) is 0 Å². The van der Waals surface area contributed by atoms with Crippen LogP contribution < -0.4 is 5.56 Å². The summed E-state index contributed by atoms with van der Waals surface area (Å²) in [5.74, 6) is 0.123. The van der Waals surface area contributed by atoms with Gasteiger partial charge in [0.25, 0.3) is 5.56 Å². The molecule has 0 bridgehead atoms. The molecule has 0 fully saturated rings. The molecule has 0 atom stereocenters. The van der Waals surface area contributed by atoms with Gasteiger partial charge in [0, 0.05) is 37.0 Å². The quantitative estimate of drug-likeness (QED) is 0.858. The minimum absolute atomic E-state index is 0.123. The lowest BCUT2D eigenvalue weighted by Crippen LogP contribution is -2.32. The molecule has 2 N–H and O–H groups in total. The first-order valence-electron chi connectivity index (χ1n) is 6.43. The summed E-state index contributed by atoms with van der Waals surface area (Å²) in [4.78, 5) is 16.5. The van der Waals surface area contributed by atoms with Crippen molar-refractivity contribution in [2.45, 2.75) is 19.5 Å². The molecule has 0 spiro atoms. The largest absolute Gasteiger partial charge is 0.507 e. The van der Waals surface area contributed by atoms with Gasteiger partial charge < -0.3 is 10.1 Å². The maximum atomic E-state index is 11.4. The number of aromatic nitrogens is 1. The van der Waals surface area contributed by atoms with Crippen LogP contribution in [0.2, 0.25) is 0 Å². The van der Waals surface area contributed by atoms with Gasteiger partial charge in [0.05, 0.1) is 0 Å². The van der Waals surface area contributed by atoms with Crippen LogP contribution in [0.25, 0.3) is 0 Å². The average Bonchev–Trinajstić information content (AvgIpc) is 2.39. The van der Waals surface area contributed by atoms with Gasteiger partial charge in [-0.3, -0.25) is 9.69 Å². The normalized spacial score (nSPS) is 15.2. The maximum absolute atomic E-state index is 11.4. The Bertz CT molecular complexity index is 634. The number of H-pyrrole nitrogens is 1. The van der Waals surface area contributed by atoms with Crippen molar-refractivity contribution >= 4 is 0 Å². The SMILES string of the molecule is O=c1cc(O)c2c([nH]1)CN(Cc1ccccc1)CC2. The number of fused-ring (bicyclic) bond motifs is 1. The van der Waals surface area contributed by atoms with Crippen molar-refractivity contribution in [2.75, 3.05) is 6.54 Å². The third-order valence-corrected chi connectivity index (χ3v) is 3.52. The molecule has 4 nitrogen and oxygen atoms in total. The van der Waals surface area contributed by atoms with Gasteiger partial charge in [-0.2, -0.15) is 0 Å². The second-order valence-electron chi connectivity index (χ2n) is 4.92. The van der Waals surface area contributed by atoms with Crippen molar-refractivity contribution in [3.8, 4) is 5.75 Å². The molecular formula is C15H16N2O2. The fourth-order valence-corrected chi connectivity index (χ4v) is 2.59. The Morgan fingerprint density at radius 1 is 1.26 bits per heavy atom. The highest BCUT2D eigenvalue weighted by Crippen LogP contribution is 2.24. The minimum atomic E-state index is -0.238. The molecule has 0 unspecified atom stereocenters. The standard InChI is InChI=1S/C15H16N2O2/c18-14-8-15(19)16-13-10-17(7-6-12(13)14)9-11-4-2-1-3-5-11/h1-5,8H,6-7,9-10H2,(H2,16,18,19). The van der Waals surface area contributed by atoms with E-state index in [4.69, 9.17) is 0 Å². The number of hydrogen-bond acceptors (Lipinski definition) is 3. The van der Waals surface area contributed by atoms with Crippen LogP contribution in [0, 0.1) is 0 Å². The highest BCUT2D eigenvalue weighted by atomic mass is 16.3. The lowest BCUT2D eigenvalue weighted by atomic mass is 10.0. The Balaban J connectivity index is 1.81. The van der Waals surface area contributed by atoms with Gasteiger partial charge in [-0.05, 0) is 12.0 Å². The predicted octanol–water partition coefficient (Wildman–Crippen LogP) is 1.64. The molecule has 4 heteroatoms. The van der Waals surface area contributed by atoms with Crippen molar-refractivity contribution in [3.63, 3.8) is 0 Å². The van der Waals surface area contributed by atoms with E-state index in [1.807, 2.05) is 18.2 Å². The van der Waals surface area contributed by atoms with E-state index in [0.717, 1.165) is 30.8 Å². The number of pyridine rings is 1. The first-order chi connectivity index (χ1) is 9.22. The van der Waals surface area contributed by atoms with Crippen molar-refractivity contribution < 1.29 is 5.11 Å². The zero-order valence-electron chi connectivity index (χ0n) is 10.6. The lowest BCUT2D eigenvalue weighted by Gasteiger charge is -2.28. The van der Waals surface area contributed by atoms with Crippen LogP contribution >= 0.6 is 0 Å². The third kappa shape index (κ3) is 2.53. The lowest BCUT2D eigenvalue weighted by molar-refractivity contribution is 0.238. The first kappa shape index (κ1) is 12.0. The van der Waals surface area contributed by atoms with Gasteiger partial charge in [0.2, 0.25) is 0 Å². The first-order valence-corrected chi connectivity index (χ1v) is 6.43. The number of rotatable bonds is 2. The van der Waals surface area contributed by atoms with Crippen molar-refractivity contribution in [1.82, 2.24) is 9.88 Å². The Kier molecular flexibility index (Phi) is 3.09. The summed E-state index contributed by atoms with van der Waals surface area (Å²) in [5, 5.41) is 9.77. The molecule has 2 heterocycles. The zero-order valence-corrected chi connectivity index (χ0v) is 10.6. The van der Waals surface area contributed by atoms with Crippen LogP contribution in [0.5, 0.6) is 5.75 Å². The molecule has 0 radical (unpaired) electrons. The van der Waals surface area contributed by atoms with E-state index in [2.05, 4.69) is 22.0 Å². The van der Waals surface area contributed by atoms with Gasteiger partial charge in [-0.25, -0.2) is 0 Å². The van der Waals surface area contributed by atoms with Gasteiger partial charge in [-0.1, -0.05) is 30.3 Å². The monoisotopic (exact) mass is 256 g/mol. The molecule has 2 aromatic rings. The van der Waals surface area contributed by atoms with Gasteiger partial charge in [0.15, 0.2) is 0 Å². The summed E-state index contributed by atoms with van der Waals surface area (Å²) in [6.45, 7) is 2.42. The Labute approximate surface area is 111 Å². The van der Waals surface area contributed by atoms with E-state index in [1.54, 1.807) is 0 Å². The second kappa shape index (κ2) is 4.90. The Hall–Kier alpha value is -2.07. The molecule has 98 valence electrons. The van der Waals surface area contributed by atoms with Crippen LogP contribution in [0.3, 0.4) is 0 Å². The minimum Gasteiger partial charge on any atom is -0.507 e. The molecule has 1 aliphatic heterocycles. The molecule has 0 amide bonds. The maximum Gasteiger partial charge on any atom is 0.251 e. The number of aromatic amines is 1. The summed E-state index contributed by atoms with van der Waals surface area (Å²) < 4.78 is 0. The highest BCUT2D eigenvalue weighted by molar-refractivity contribution is 5.36. The van der Waals surface area contributed by atoms with Crippen LogP contribution in [-0.2, 0) is 19.5 Å². The molecule has 0 aliphatic carbocycles. The Morgan fingerprint density at radius 3 is 2.84 bits per heavy atom. The van der Waals surface area contributed by atoms with E-state index >= 15 is 0 Å². The van der Waals surface area contributed by atoms with Gasteiger partial charge in [0.1, 0.15) is 5.75 Å². The van der Waals surface area contributed by atoms with Crippen molar-refractivity contribution in [2.24, 2.45) is 0 Å². The molecular weight excluding hydrogens is 240 g/mol. The predicted molar refractivity (Wildman–Crippen MR) is 73.0 cm³/mol. The smallest absolute Gasteiger partial charge is 0.251 e. The van der Waals surface area contributed by atoms with E-state index in [0.29, 0.717) is 6.54 Å². The molecule has 1 aromatic heterocycles. The number of hydrogen-bond donors (Lipinski definition) is 2. The van der Waals surface area contributed by atoms with Crippen LogP contribution in [-0.4, -0.2) is 21.5 Å². The summed E-state index contributed by atoms with van der Waals surface area (Å²) in [6.07, 6.45) is 0.769. The topological polar surface area (TPSA) is 56.3 Å². The fraction of sp³-hybridized carbons (Fsp3) is 0.267. The molecule has 0 saturated carbocycles. The third-order valence-electron chi connectivity index (χ3n) is 3.52. The van der Waals surface area contributed by atoms with Gasteiger partial charge in [-0.15, -0.1) is 0 Å². The molecule has 1 aromatic carbocycles. The summed E-state index contributed by atoms with van der Waals surface area (Å²) in [5.41, 5.74) is 2.74. The molecule has 19 heavy (non-hydrogen) atoms. The second-order valence-corrected chi connectivity index (χ2v) is 4.92.